The first-order valence-electron chi connectivity index (χ1n) is 4.87. The lowest BCUT2D eigenvalue weighted by Gasteiger charge is -2.33. The van der Waals surface area contributed by atoms with Crippen molar-refractivity contribution in [2.24, 2.45) is 0 Å². The van der Waals surface area contributed by atoms with Gasteiger partial charge in [0.2, 0.25) is 0 Å². The molecule has 1 aromatic heterocycles. The topological polar surface area (TPSA) is 53.7 Å². The van der Waals surface area contributed by atoms with Crippen molar-refractivity contribution in [3.63, 3.8) is 0 Å². The fourth-order valence-electron chi connectivity index (χ4n) is 1.30. The van der Waals surface area contributed by atoms with E-state index in [2.05, 4.69) is 0 Å². The Balaban J connectivity index is 2.69. The van der Waals surface area contributed by atoms with E-state index in [1.54, 1.807) is 12.5 Å². The molecule has 0 saturated carbocycles. The van der Waals surface area contributed by atoms with E-state index < -0.39 is 5.97 Å². The third-order valence-corrected chi connectivity index (χ3v) is 2.23. The number of rotatable bonds is 4. The summed E-state index contributed by atoms with van der Waals surface area (Å²) in [5, 5.41) is 8.81. The molecule has 0 saturated heterocycles. The van der Waals surface area contributed by atoms with Crippen molar-refractivity contribution < 1.29 is 14.3 Å². The Morgan fingerprint density at radius 2 is 2.20 bits per heavy atom. The molecule has 1 aromatic rings. The highest BCUT2D eigenvalue weighted by Crippen LogP contribution is 2.16. The summed E-state index contributed by atoms with van der Waals surface area (Å²) in [5.41, 5.74) is 0.821. The molecule has 0 unspecified atom stereocenters. The minimum Gasteiger partial charge on any atom is -0.480 e. The highest BCUT2D eigenvalue weighted by atomic mass is 16.4. The molecule has 0 bridgehead atoms. The molecule has 1 N–H and O–H groups in total. The zero-order valence-corrected chi connectivity index (χ0v) is 9.36. The van der Waals surface area contributed by atoms with Gasteiger partial charge in [0.25, 0.3) is 0 Å². The number of aliphatic carboxylic acids is 1. The van der Waals surface area contributed by atoms with E-state index in [1.807, 2.05) is 31.7 Å². The largest absolute Gasteiger partial charge is 0.480 e. The smallest absolute Gasteiger partial charge is 0.317 e. The van der Waals surface area contributed by atoms with Crippen LogP contribution in [0.25, 0.3) is 0 Å². The summed E-state index contributed by atoms with van der Waals surface area (Å²) in [7, 11) is 0. The Labute approximate surface area is 89.5 Å². The van der Waals surface area contributed by atoms with Crippen LogP contribution in [0.2, 0.25) is 0 Å². The Kier molecular flexibility index (Phi) is 3.52. The molecule has 4 nitrogen and oxygen atoms in total. The number of carboxylic acid groups (broad SMARTS) is 1. The maximum Gasteiger partial charge on any atom is 0.317 e. The Hall–Kier alpha value is -1.29. The van der Waals surface area contributed by atoms with Crippen molar-refractivity contribution in [1.29, 1.82) is 0 Å². The molecule has 0 aliphatic rings. The van der Waals surface area contributed by atoms with Crippen LogP contribution in [-0.2, 0) is 11.3 Å². The summed E-state index contributed by atoms with van der Waals surface area (Å²) in [6.07, 6.45) is 3.23. The number of furan rings is 1. The van der Waals surface area contributed by atoms with Crippen molar-refractivity contribution in [3.8, 4) is 0 Å². The van der Waals surface area contributed by atoms with E-state index in [1.165, 1.54) is 0 Å². The van der Waals surface area contributed by atoms with Crippen LogP contribution in [0.1, 0.15) is 26.3 Å². The van der Waals surface area contributed by atoms with Crippen LogP contribution in [0.15, 0.2) is 23.0 Å². The predicted molar refractivity (Wildman–Crippen MR) is 56.5 cm³/mol. The molecular weight excluding hydrogens is 194 g/mol. The van der Waals surface area contributed by atoms with Crippen LogP contribution < -0.4 is 0 Å². The fourth-order valence-corrected chi connectivity index (χ4v) is 1.30. The van der Waals surface area contributed by atoms with Gasteiger partial charge in [0.1, 0.15) is 0 Å². The molecular formula is C11H17NO3. The van der Waals surface area contributed by atoms with Gasteiger partial charge in [-0.25, -0.2) is 0 Å². The van der Waals surface area contributed by atoms with E-state index in [-0.39, 0.29) is 12.1 Å². The van der Waals surface area contributed by atoms with Crippen molar-refractivity contribution in [2.75, 3.05) is 6.54 Å². The maximum absolute atomic E-state index is 10.7. The summed E-state index contributed by atoms with van der Waals surface area (Å²) < 4.78 is 4.96. The molecule has 0 spiro atoms. The van der Waals surface area contributed by atoms with Gasteiger partial charge in [-0.3, -0.25) is 9.69 Å². The lowest BCUT2D eigenvalue weighted by Crippen LogP contribution is -2.43. The van der Waals surface area contributed by atoms with Crippen LogP contribution in [0.5, 0.6) is 0 Å². The lowest BCUT2D eigenvalue weighted by molar-refractivity contribution is -0.139. The van der Waals surface area contributed by atoms with Gasteiger partial charge in [-0.2, -0.15) is 0 Å². The van der Waals surface area contributed by atoms with E-state index in [0.717, 1.165) is 5.56 Å². The normalized spacial score (nSPS) is 12.0. The molecule has 4 heteroatoms. The minimum atomic E-state index is -0.812. The molecule has 0 aromatic carbocycles. The number of carboxylic acids is 1. The standard InChI is InChI=1S/C11H17NO3/c1-11(2,3)12(7-10(13)14)6-9-4-5-15-8-9/h4-5,8H,6-7H2,1-3H3,(H,13,14). The average Bonchev–Trinajstić information content (AvgIpc) is 2.53. The van der Waals surface area contributed by atoms with Crippen LogP contribution in [0.3, 0.4) is 0 Å². The average molecular weight is 211 g/mol. The van der Waals surface area contributed by atoms with Gasteiger partial charge in [0, 0.05) is 17.6 Å². The van der Waals surface area contributed by atoms with Crippen molar-refractivity contribution in [1.82, 2.24) is 4.90 Å². The van der Waals surface area contributed by atoms with Gasteiger partial charge in [-0.15, -0.1) is 0 Å². The molecule has 0 radical (unpaired) electrons. The molecule has 0 aliphatic heterocycles. The molecule has 0 fully saturated rings. The Bertz CT molecular complexity index is 311. The fraction of sp³-hybridized carbons (Fsp3) is 0.545. The SMILES string of the molecule is CC(C)(C)N(CC(=O)O)Cc1ccoc1. The van der Waals surface area contributed by atoms with Crippen LogP contribution >= 0.6 is 0 Å². The number of hydrogen-bond acceptors (Lipinski definition) is 3. The molecule has 0 atom stereocenters. The van der Waals surface area contributed by atoms with E-state index in [4.69, 9.17) is 9.52 Å². The third kappa shape index (κ3) is 3.75. The summed E-state index contributed by atoms with van der Waals surface area (Å²) in [6.45, 7) is 6.61. The molecule has 1 heterocycles. The molecule has 15 heavy (non-hydrogen) atoms. The van der Waals surface area contributed by atoms with Gasteiger partial charge in [0.15, 0.2) is 0 Å². The lowest BCUT2D eigenvalue weighted by atomic mass is 10.1. The molecule has 1 rings (SSSR count). The summed E-state index contributed by atoms with van der Waals surface area (Å²) in [5.74, 6) is -0.812. The predicted octanol–water partition coefficient (Wildman–Crippen LogP) is 1.96. The monoisotopic (exact) mass is 211 g/mol. The number of hydrogen-bond donors (Lipinski definition) is 1. The minimum absolute atomic E-state index is 0.0364. The highest BCUT2D eigenvalue weighted by molar-refractivity contribution is 5.69. The summed E-state index contributed by atoms with van der Waals surface area (Å²) >= 11 is 0. The second kappa shape index (κ2) is 4.49. The number of nitrogens with zero attached hydrogens (tertiary/aromatic N) is 1. The second-order valence-electron chi connectivity index (χ2n) is 4.55. The molecule has 0 amide bonds. The first-order chi connectivity index (χ1) is 6.89. The third-order valence-electron chi connectivity index (χ3n) is 2.23. The van der Waals surface area contributed by atoms with E-state index in [0.29, 0.717) is 6.54 Å². The quantitative estimate of drug-likeness (QED) is 0.827. The van der Waals surface area contributed by atoms with Crippen molar-refractivity contribution in [3.05, 3.63) is 24.2 Å². The zero-order valence-electron chi connectivity index (χ0n) is 9.36. The van der Waals surface area contributed by atoms with Crippen LogP contribution in [0.4, 0.5) is 0 Å². The summed E-state index contributed by atoms with van der Waals surface area (Å²) in [6, 6.07) is 1.85. The van der Waals surface area contributed by atoms with Gasteiger partial charge < -0.3 is 9.52 Å². The summed E-state index contributed by atoms with van der Waals surface area (Å²) in [4.78, 5) is 12.6. The first-order valence-corrected chi connectivity index (χ1v) is 4.87. The Morgan fingerprint density at radius 3 is 2.60 bits per heavy atom. The van der Waals surface area contributed by atoms with Gasteiger partial charge in [0.05, 0.1) is 19.1 Å². The van der Waals surface area contributed by atoms with Crippen molar-refractivity contribution >= 4 is 5.97 Å². The molecule has 0 aliphatic carbocycles. The van der Waals surface area contributed by atoms with Crippen LogP contribution in [-0.4, -0.2) is 28.1 Å². The van der Waals surface area contributed by atoms with Gasteiger partial charge in [-0.05, 0) is 26.8 Å². The Morgan fingerprint density at radius 1 is 1.53 bits per heavy atom. The van der Waals surface area contributed by atoms with Gasteiger partial charge in [-0.1, -0.05) is 0 Å². The maximum atomic E-state index is 10.7. The van der Waals surface area contributed by atoms with Crippen molar-refractivity contribution in [2.45, 2.75) is 32.9 Å². The molecule has 84 valence electrons. The highest BCUT2D eigenvalue weighted by Gasteiger charge is 2.23. The zero-order chi connectivity index (χ0) is 11.5. The number of carbonyl (C=O) groups is 1. The van der Waals surface area contributed by atoms with E-state index in [9.17, 15) is 4.79 Å². The van der Waals surface area contributed by atoms with Gasteiger partial charge >= 0.3 is 5.97 Å². The van der Waals surface area contributed by atoms with E-state index >= 15 is 0 Å². The first kappa shape index (κ1) is 11.8. The van der Waals surface area contributed by atoms with Crippen LogP contribution in [0, 0.1) is 0 Å². The second-order valence-corrected chi connectivity index (χ2v) is 4.55.